The smallest absolute Gasteiger partial charge is 0.237 e. The molecule has 1 aromatic rings. The molecule has 1 unspecified atom stereocenters. The van der Waals surface area contributed by atoms with Gasteiger partial charge in [-0.1, -0.05) is 18.2 Å². The maximum Gasteiger partial charge on any atom is 0.237 e. The lowest BCUT2D eigenvalue weighted by Gasteiger charge is -2.05. The lowest BCUT2D eigenvalue weighted by Crippen LogP contribution is -2.18. The van der Waals surface area contributed by atoms with Crippen LogP contribution >= 0.6 is 11.6 Å². The molecular weight excluding hydrogens is 188 g/mol. The van der Waals surface area contributed by atoms with Gasteiger partial charge in [-0.05, 0) is 12.1 Å². The molecule has 0 spiro atoms. The molecule has 0 saturated heterocycles. The lowest BCUT2D eigenvalue weighted by molar-refractivity contribution is 0.543. The summed E-state index contributed by atoms with van der Waals surface area (Å²) in [5, 5.41) is 7.04. The molecule has 1 aromatic carbocycles. The van der Waals surface area contributed by atoms with Crippen molar-refractivity contribution in [3.05, 3.63) is 30.3 Å². The molecule has 3 nitrogen and oxygen atoms in total. The van der Waals surface area contributed by atoms with E-state index in [4.69, 9.17) is 16.3 Å². The minimum Gasteiger partial charge on any atom is -0.439 e. The van der Waals surface area contributed by atoms with E-state index in [9.17, 15) is 0 Å². The molecule has 0 aromatic heterocycles. The van der Waals surface area contributed by atoms with Crippen LogP contribution in [0.4, 0.5) is 0 Å². The zero-order chi connectivity index (χ0) is 9.10. The average Bonchev–Trinajstić information content (AvgIpc) is 2.54. The highest BCUT2D eigenvalue weighted by Crippen LogP contribution is 2.13. The summed E-state index contributed by atoms with van der Waals surface area (Å²) in [6.45, 7) is 0. The van der Waals surface area contributed by atoms with Gasteiger partial charge in [0.25, 0.3) is 0 Å². The predicted octanol–water partition coefficient (Wildman–Crippen LogP) is 2.07. The van der Waals surface area contributed by atoms with E-state index in [0.29, 0.717) is 5.90 Å². The van der Waals surface area contributed by atoms with Gasteiger partial charge in [0.05, 0.1) is 6.21 Å². The molecule has 0 amide bonds. The number of halogens is 1. The normalized spacial score (nSPS) is 20.1. The number of hydrogen-bond donors (Lipinski definition) is 0. The Bertz CT molecular complexity index is 348. The monoisotopic (exact) mass is 194 g/mol. The fraction of sp³-hybridized carbons (Fsp3) is 0.111. The third-order valence-corrected chi connectivity index (χ3v) is 1.85. The lowest BCUT2D eigenvalue weighted by atomic mass is 10.3. The first-order valence-electron chi connectivity index (χ1n) is 3.84. The Morgan fingerprint density at radius 1 is 1.23 bits per heavy atom. The van der Waals surface area contributed by atoms with Crippen molar-refractivity contribution < 1.29 is 4.74 Å². The Labute approximate surface area is 80.7 Å². The third-order valence-electron chi connectivity index (χ3n) is 1.56. The maximum atomic E-state index is 5.82. The van der Waals surface area contributed by atoms with E-state index in [0.717, 1.165) is 5.75 Å². The summed E-state index contributed by atoms with van der Waals surface area (Å²) in [5.41, 5.74) is 0. The minimum absolute atomic E-state index is 0.347. The second kappa shape index (κ2) is 3.58. The van der Waals surface area contributed by atoms with Crippen molar-refractivity contribution in [1.82, 2.24) is 0 Å². The Hall–Kier alpha value is -1.35. The van der Waals surface area contributed by atoms with Crippen LogP contribution in [0.5, 0.6) is 5.75 Å². The van der Waals surface area contributed by atoms with E-state index >= 15 is 0 Å². The van der Waals surface area contributed by atoms with Gasteiger partial charge >= 0.3 is 0 Å². The molecule has 0 bridgehead atoms. The van der Waals surface area contributed by atoms with Crippen LogP contribution in [0.2, 0.25) is 0 Å². The first kappa shape index (κ1) is 8.26. The van der Waals surface area contributed by atoms with Gasteiger partial charge in [0.2, 0.25) is 5.90 Å². The molecule has 66 valence electrons. The van der Waals surface area contributed by atoms with E-state index in [1.807, 2.05) is 30.3 Å². The molecule has 0 saturated carbocycles. The van der Waals surface area contributed by atoms with Crippen LogP contribution in [0.3, 0.4) is 0 Å². The van der Waals surface area contributed by atoms with E-state index in [-0.39, 0.29) is 5.38 Å². The summed E-state index contributed by atoms with van der Waals surface area (Å²) in [5.74, 6) is 1.14. The average molecular weight is 195 g/mol. The second-order valence-corrected chi connectivity index (χ2v) is 2.99. The molecule has 0 aliphatic carbocycles. The largest absolute Gasteiger partial charge is 0.439 e. The van der Waals surface area contributed by atoms with Crippen LogP contribution in [-0.2, 0) is 0 Å². The van der Waals surface area contributed by atoms with Crippen LogP contribution in [0.25, 0.3) is 0 Å². The Morgan fingerprint density at radius 2 is 2.00 bits per heavy atom. The van der Waals surface area contributed by atoms with Gasteiger partial charge in [0.1, 0.15) is 11.1 Å². The summed E-state index contributed by atoms with van der Waals surface area (Å²) in [4.78, 5) is 0. The number of ether oxygens (including phenoxy) is 1. The first-order valence-corrected chi connectivity index (χ1v) is 4.28. The Kier molecular flexibility index (Phi) is 2.27. The number of hydrogen-bond acceptors (Lipinski definition) is 3. The molecule has 1 heterocycles. The number of rotatable bonds is 1. The first-order chi connectivity index (χ1) is 6.36. The molecule has 2 rings (SSSR count). The van der Waals surface area contributed by atoms with Gasteiger partial charge in [-0.3, -0.25) is 0 Å². The van der Waals surface area contributed by atoms with Gasteiger partial charge in [-0.25, -0.2) is 0 Å². The maximum absolute atomic E-state index is 5.82. The standard InChI is InChI=1S/C9H7ClN2O/c10-8-6-11-12-9(8)13-7-4-2-1-3-5-7/h1-6,8H. The molecule has 0 fully saturated rings. The van der Waals surface area contributed by atoms with E-state index in [1.54, 1.807) is 0 Å². The minimum atomic E-state index is -0.347. The van der Waals surface area contributed by atoms with Crippen molar-refractivity contribution in [2.24, 2.45) is 10.2 Å². The number of alkyl halides is 1. The Morgan fingerprint density at radius 3 is 2.62 bits per heavy atom. The SMILES string of the molecule is ClC1C=NN=C1Oc1ccccc1. The van der Waals surface area contributed by atoms with Crippen molar-refractivity contribution in [3.8, 4) is 5.75 Å². The number of para-hydroxylation sites is 1. The zero-order valence-corrected chi connectivity index (χ0v) is 7.48. The zero-order valence-electron chi connectivity index (χ0n) is 6.72. The Balaban J connectivity index is 2.08. The van der Waals surface area contributed by atoms with Gasteiger partial charge in [0.15, 0.2) is 0 Å². The fourth-order valence-corrected chi connectivity index (χ4v) is 1.09. The molecule has 1 atom stereocenters. The van der Waals surface area contributed by atoms with Crippen LogP contribution in [0.15, 0.2) is 40.5 Å². The highest BCUT2D eigenvalue weighted by atomic mass is 35.5. The summed E-state index contributed by atoms with van der Waals surface area (Å²) in [6, 6.07) is 9.36. The van der Waals surface area contributed by atoms with Crippen molar-refractivity contribution in [3.63, 3.8) is 0 Å². The summed E-state index contributed by atoms with van der Waals surface area (Å²) in [6.07, 6.45) is 1.53. The van der Waals surface area contributed by atoms with Gasteiger partial charge in [-0.15, -0.1) is 16.7 Å². The third kappa shape index (κ3) is 1.87. The van der Waals surface area contributed by atoms with Crippen molar-refractivity contribution in [2.45, 2.75) is 5.38 Å². The van der Waals surface area contributed by atoms with Gasteiger partial charge < -0.3 is 4.74 Å². The second-order valence-electron chi connectivity index (χ2n) is 2.52. The summed E-state index contributed by atoms with van der Waals surface area (Å²) < 4.78 is 5.38. The van der Waals surface area contributed by atoms with Crippen LogP contribution in [-0.4, -0.2) is 17.5 Å². The molecular formula is C9H7ClN2O. The number of benzene rings is 1. The molecule has 1 aliphatic rings. The molecule has 0 N–H and O–H groups in total. The van der Waals surface area contributed by atoms with Crippen molar-refractivity contribution >= 4 is 23.7 Å². The highest BCUT2D eigenvalue weighted by Gasteiger charge is 2.17. The molecule has 1 aliphatic heterocycles. The van der Waals surface area contributed by atoms with Crippen LogP contribution in [0.1, 0.15) is 0 Å². The van der Waals surface area contributed by atoms with E-state index < -0.39 is 0 Å². The van der Waals surface area contributed by atoms with Gasteiger partial charge in [0, 0.05) is 0 Å². The quantitative estimate of drug-likeness (QED) is 0.631. The molecule has 4 heteroatoms. The topological polar surface area (TPSA) is 34.0 Å². The van der Waals surface area contributed by atoms with Crippen molar-refractivity contribution in [1.29, 1.82) is 0 Å². The fourth-order valence-electron chi connectivity index (χ4n) is 0.954. The summed E-state index contributed by atoms with van der Waals surface area (Å²) in [7, 11) is 0. The van der Waals surface area contributed by atoms with Crippen LogP contribution < -0.4 is 4.74 Å². The number of nitrogens with zero attached hydrogens (tertiary/aromatic N) is 2. The predicted molar refractivity (Wildman–Crippen MR) is 52.6 cm³/mol. The van der Waals surface area contributed by atoms with Crippen molar-refractivity contribution in [2.75, 3.05) is 0 Å². The van der Waals surface area contributed by atoms with E-state index in [1.165, 1.54) is 6.21 Å². The van der Waals surface area contributed by atoms with Crippen LogP contribution in [0, 0.1) is 0 Å². The highest BCUT2D eigenvalue weighted by molar-refractivity contribution is 6.40. The van der Waals surface area contributed by atoms with E-state index in [2.05, 4.69) is 10.2 Å². The molecule has 13 heavy (non-hydrogen) atoms. The summed E-state index contributed by atoms with van der Waals surface area (Å²) >= 11 is 5.82. The molecule has 0 radical (unpaired) electrons. The van der Waals surface area contributed by atoms with Gasteiger partial charge in [-0.2, -0.15) is 5.10 Å².